The van der Waals surface area contributed by atoms with E-state index >= 15 is 0 Å². The molecule has 1 aromatic rings. The predicted octanol–water partition coefficient (Wildman–Crippen LogP) is -2.88. The van der Waals surface area contributed by atoms with Crippen LogP contribution in [0.15, 0.2) is 21.9 Å². The fourth-order valence-electron chi connectivity index (χ4n) is 1.87. The second kappa shape index (κ2) is 4.62. The Morgan fingerprint density at radius 1 is 1.47 bits per heavy atom. The zero-order chi connectivity index (χ0) is 14.4. The Morgan fingerprint density at radius 3 is 2.58 bits per heavy atom. The second-order valence-corrected chi connectivity index (χ2v) is 4.29. The molecular formula is C9H9B2FN2O5. The molecule has 7 nitrogen and oxygen atoms in total. The lowest BCUT2D eigenvalue weighted by molar-refractivity contribution is -0.0744. The van der Waals surface area contributed by atoms with Crippen molar-refractivity contribution in [3.63, 3.8) is 0 Å². The van der Waals surface area contributed by atoms with E-state index in [0.717, 1.165) is 16.8 Å². The summed E-state index contributed by atoms with van der Waals surface area (Å²) in [7, 11) is 10.3. The summed E-state index contributed by atoms with van der Waals surface area (Å²) in [4.78, 5) is 24.3. The number of ether oxygens (including phenoxy) is 1. The first-order valence-electron chi connectivity index (χ1n) is 5.31. The first-order valence-corrected chi connectivity index (χ1v) is 5.31. The van der Waals surface area contributed by atoms with Gasteiger partial charge in [-0.1, -0.05) is 0 Å². The van der Waals surface area contributed by atoms with Crippen LogP contribution in [0.5, 0.6) is 0 Å². The smallest absolute Gasteiger partial charge is 0.330 e. The highest BCUT2D eigenvalue weighted by molar-refractivity contribution is 6.39. The average molecular weight is 266 g/mol. The Bertz CT molecular complexity index is 583. The number of hydrogen-bond donors (Lipinski definition) is 3. The van der Waals surface area contributed by atoms with Gasteiger partial charge in [-0.05, 0) is 0 Å². The number of aromatic amines is 1. The second-order valence-electron chi connectivity index (χ2n) is 4.29. The quantitative estimate of drug-likeness (QED) is 0.498. The van der Waals surface area contributed by atoms with Crippen molar-refractivity contribution in [2.45, 2.75) is 30.0 Å². The maximum absolute atomic E-state index is 13.9. The molecule has 0 bridgehead atoms. The molecule has 3 N–H and O–H groups in total. The monoisotopic (exact) mass is 266 g/mol. The number of alkyl halides is 1. The van der Waals surface area contributed by atoms with E-state index in [1.807, 2.05) is 4.98 Å². The largest absolute Gasteiger partial charge is 0.406 e. The molecule has 1 aliphatic rings. The number of H-pyrrole nitrogens is 1. The molecule has 0 aliphatic carbocycles. The van der Waals surface area contributed by atoms with Gasteiger partial charge in [0.15, 0.2) is 12.4 Å². The van der Waals surface area contributed by atoms with Gasteiger partial charge in [0.25, 0.3) is 5.56 Å². The molecule has 2 rings (SSSR count). The third-order valence-electron chi connectivity index (χ3n) is 2.78. The van der Waals surface area contributed by atoms with Crippen molar-refractivity contribution in [3.05, 3.63) is 33.1 Å². The van der Waals surface area contributed by atoms with E-state index in [1.54, 1.807) is 0 Å². The van der Waals surface area contributed by atoms with Crippen LogP contribution in [-0.2, 0) is 4.74 Å². The van der Waals surface area contributed by atoms with Gasteiger partial charge in [0.05, 0.1) is 0 Å². The molecule has 1 fully saturated rings. The first-order chi connectivity index (χ1) is 8.71. The Kier molecular flexibility index (Phi) is 3.41. The van der Waals surface area contributed by atoms with Crippen LogP contribution in [0.4, 0.5) is 4.39 Å². The third-order valence-corrected chi connectivity index (χ3v) is 2.78. The molecule has 1 aromatic heterocycles. The van der Waals surface area contributed by atoms with E-state index in [-0.39, 0.29) is 0 Å². The summed E-state index contributed by atoms with van der Waals surface area (Å²) in [5, 5.41) is 16.4. The highest BCUT2D eigenvalue weighted by Crippen LogP contribution is 2.33. The predicted molar refractivity (Wildman–Crippen MR) is 62.6 cm³/mol. The van der Waals surface area contributed by atoms with Crippen molar-refractivity contribution in [3.8, 4) is 0 Å². The summed E-state index contributed by atoms with van der Waals surface area (Å²) in [5.41, 5.74) is -1.59. The van der Waals surface area contributed by atoms with Crippen molar-refractivity contribution in [1.29, 1.82) is 0 Å². The highest BCUT2D eigenvalue weighted by Gasteiger charge is 2.50. The van der Waals surface area contributed by atoms with Gasteiger partial charge in [-0.3, -0.25) is 14.3 Å². The lowest BCUT2D eigenvalue weighted by atomic mass is 9.61. The van der Waals surface area contributed by atoms with Crippen molar-refractivity contribution in [2.24, 2.45) is 0 Å². The van der Waals surface area contributed by atoms with E-state index < -0.39 is 41.3 Å². The Hall–Kier alpha value is -1.38. The zero-order valence-corrected chi connectivity index (χ0v) is 9.56. The number of aliphatic hydroxyl groups is 2. The van der Waals surface area contributed by atoms with Crippen molar-refractivity contribution >= 4 is 15.7 Å². The highest BCUT2D eigenvalue weighted by atomic mass is 19.1. The van der Waals surface area contributed by atoms with Crippen molar-refractivity contribution in [1.82, 2.24) is 9.55 Å². The molecule has 4 radical (unpaired) electrons. The van der Waals surface area contributed by atoms with Gasteiger partial charge in [-0.2, -0.15) is 0 Å². The molecule has 98 valence electrons. The maximum atomic E-state index is 13.9. The third kappa shape index (κ3) is 2.51. The van der Waals surface area contributed by atoms with Crippen molar-refractivity contribution in [2.75, 3.05) is 0 Å². The summed E-state index contributed by atoms with van der Waals surface area (Å²) in [5.74, 6) is 0. The van der Waals surface area contributed by atoms with Gasteiger partial charge >= 0.3 is 5.69 Å². The van der Waals surface area contributed by atoms with Gasteiger partial charge in [0.2, 0.25) is 0 Å². The van der Waals surface area contributed by atoms with E-state index in [1.165, 1.54) is 0 Å². The summed E-state index contributed by atoms with van der Waals surface area (Å²) in [6, 6.07) is 0.980. The first kappa shape index (κ1) is 14.0. The number of halogens is 1. The van der Waals surface area contributed by atoms with E-state index in [9.17, 15) is 24.2 Å². The summed E-state index contributed by atoms with van der Waals surface area (Å²) in [6.07, 6.45) is -6.04. The topological polar surface area (TPSA) is 105 Å². The lowest BCUT2D eigenvalue weighted by Gasteiger charge is -2.28. The minimum Gasteiger partial charge on any atom is -0.406 e. The van der Waals surface area contributed by atoms with Crippen LogP contribution in [-0.4, -0.2) is 59.2 Å². The van der Waals surface area contributed by atoms with E-state index in [4.69, 9.17) is 20.4 Å². The molecule has 10 heteroatoms. The number of nitrogens with one attached hydrogen (secondary N) is 1. The number of rotatable bonds is 2. The fraction of sp³-hybridized carbons (Fsp3) is 0.556. The molecule has 0 saturated carbocycles. The normalized spacial score (nSPS) is 31.5. The van der Waals surface area contributed by atoms with Gasteiger partial charge in [0, 0.05) is 17.7 Å². The molecular weight excluding hydrogens is 257 g/mol. The van der Waals surface area contributed by atoms with Crippen LogP contribution < -0.4 is 11.2 Å². The minimum atomic E-state index is -2.47. The summed E-state index contributed by atoms with van der Waals surface area (Å²) in [6.45, 7) is 0. The molecule has 4 atom stereocenters. The van der Waals surface area contributed by atoms with E-state index in [2.05, 4.69) is 0 Å². The molecule has 0 spiro atoms. The Balaban J connectivity index is 2.37. The Morgan fingerprint density at radius 2 is 2.11 bits per heavy atom. The number of aromatic nitrogens is 2. The molecule has 0 amide bonds. The summed E-state index contributed by atoms with van der Waals surface area (Å²) < 4.78 is 19.6. The molecule has 4 unspecified atom stereocenters. The molecule has 0 aromatic carbocycles. The van der Waals surface area contributed by atoms with Crippen molar-refractivity contribution < 1.29 is 19.3 Å². The molecule has 1 aliphatic heterocycles. The van der Waals surface area contributed by atoms with Gasteiger partial charge in [-0.25, -0.2) is 9.18 Å². The standard InChI is InChI=1S/C9H9B2FN2O5/c10-9(11,18)6-5(16)4(12)7(19-6)14-2-1-3(15)13-8(14)17/h1-2,4-7,16,18H,(H,13,15,17). The minimum absolute atomic E-state index is 0.666. The molecule has 2 heterocycles. The van der Waals surface area contributed by atoms with Crippen LogP contribution in [0.1, 0.15) is 6.23 Å². The van der Waals surface area contributed by atoms with Crippen LogP contribution in [0.25, 0.3) is 0 Å². The average Bonchev–Trinajstić information content (AvgIpc) is 2.56. The van der Waals surface area contributed by atoms with Gasteiger partial charge in [0.1, 0.15) is 27.9 Å². The van der Waals surface area contributed by atoms with Crippen LogP contribution in [0, 0.1) is 0 Å². The lowest BCUT2D eigenvalue weighted by Crippen LogP contribution is -2.49. The number of nitrogens with zero attached hydrogens (tertiary/aromatic N) is 1. The van der Waals surface area contributed by atoms with Crippen LogP contribution >= 0.6 is 0 Å². The number of aliphatic hydroxyl groups excluding tert-OH is 1. The van der Waals surface area contributed by atoms with Gasteiger partial charge < -0.3 is 14.9 Å². The zero-order valence-electron chi connectivity index (χ0n) is 9.56. The fourth-order valence-corrected chi connectivity index (χ4v) is 1.87. The molecule has 1 saturated heterocycles. The van der Waals surface area contributed by atoms with Crippen LogP contribution in [0.2, 0.25) is 0 Å². The van der Waals surface area contributed by atoms with Crippen LogP contribution in [0.3, 0.4) is 0 Å². The summed E-state index contributed by atoms with van der Waals surface area (Å²) >= 11 is 0. The maximum Gasteiger partial charge on any atom is 0.330 e. The molecule has 19 heavy (non-hydrogen) atoms. The SMILES string of the molecule is [B]C([B])(O)C1OC(n2ccc(=O)[nH]c2=O)C(F)C1O. The van der Waals surface area contributed by atoms with Gasteiger partial charge in [-0.15, -0.1) is 0 Å². The number of hydrogen-bond acceptors (Lipinski definition) is 5. The Labute approximate surface area is 108 Å². The van der Waals surface area contributed by atoms with E-state index in [0.29, 0.717) is 0 Å².